The van der Waals surface area contributed by atoms with Crippen LogP contribution in [-0.2, 0) is 25.4 Å². The molecule has 8 nitrogen and oxygen atoms in total. The molecule has 3 heterocycles. The van der Waals surface area contributed by atoms with Crippen molar-refractivity contribution in [1.82, 2.24) is 29.8 Å². The van der Waals surface area contributed by atoms with Crippen molar-refractivity contribution >= 4 is 5.96 Å². The number of aryl methyl sites for hydroxylation is 2. The molecule has 1 N–H and O–H groups in total. The molecule has 0 aromatic carbocycles. The second kappa shape index (κ2) is 7.48. The van der Waals surface area contributed by atoms with Crippen molar-refractivity contribution in [3.63, 3.8) is 0 Å². The second-order valence-corrected chi connectivity index (χ2v) is 5.87. The van der Waals surface area contributed by atoms with E-state index < -0.39 is 0 Å². The number of aliphatic imine (C=N–C) groups is 1. The number of ether oxygens (including phenoxy) is 1. The quantitative estimate of drug-likeness (QED) is 0.659. The number of nitrogens with zero attached hydrogens (tertiary/aromatic N) is 6. The third kappa shape index (κ3) is 3.76. The Morgan fingerprint density at radius 3 is 2.96 bits per heavy atom. The van der Waals surface area contributed by atoms with Crippen molar-refractivity contribution in [2.24, 2.45) is 19.1 Å². The average Bonchev–Trinajstić information content (AvgIpc) is 3.20. The Hall–Kier alpha value is -2.35. The van der Waals surface area contributed by atoms with Gasteiger partial charge in [0.2, 0.25) is 0 Å². The lowest BCUT2D eigenvalue weighted by Gasteiger charge is -2.34. The Labute approximate surface area is 142 Å². The second-order valence-electron chi connectivity index (χ2n) is 5.87. The van der Waals surface area contributed by atoms with Gasteiger partial charge in [-0.25, -0.2) is 4.99 Å². The van der Waals surface area contributed by atoms with Crippen LogP contribution in [0.3, 0.4) is 0 Å². The van der Waals surface area contributed by atoms with Gasteiger partial charge in [0.05, 0.1) is 31.6 Å². The van der Waals surface area contributed by atoms with Crippen molar-refractivity contribution in [1.29, 1.82) is 0 Å². The summed E-state index contributed by atoms with van der Waals surface area (Å²) in [6.07, 6.45) is 5.69. The summed E-state index contributed by atoms with van der Waals surface area (Å²) in [5.74, 6) is 0.913. The van der Waals surface area contributed by atoms with E-state index >= 15 is 0 Å². The molecule has 0 radical (unpaired) electrons. The smallest absolute Gasteiger partial charge is 0.194 e. The summed E-state index contributed by atoms with van der Waals surface area (Å²) in [6, 6.07) is 1.99. The lowest BCUT2D eigenvalue weighted by atomic mass is 10.1. The van der Waals surface area contributed by atoms with E-state index in [0.29, 0.717) is 13.2 Å². The van der Waals surface area contributed by atoms with E-state index in [2.05, 4.69) is 27.3 Å². The molecule has 130 valence electrons. The van der Waals surface area contributed by atoms with Crippen LogP contribution in [0.15, 0.2) is 29.6 Å². The van der Waals surface area contributed by atoms with Crippen molar-refractivity contribution in [3.8, 4) is 0 Å². The SMILES string of the molecule is CCNC(=NCc1ccnn1C)N1CCOC(c2cnn(C)c2)C1. The van der Waals surface area contributed by atoms with Crippen LogP contribution >= 0.6 is 0 Å². The third-order valence-electron chi connectivity index (χ3n) is 4.11. The number of rotatable bonds is 4. The van der Waals surface area contributed by atoms with Gasteiger partial charge in [-0.1, -0.05) is 0 Å². The zero-order valence-corrected chi connectivity index (χ0v) is 14.5. The number of guanidine groups is 1. The van der Waals surface area contributed by atoms with Gasteiger partial charge in [0.1, 0.15) is 6.10 Å². The maximum atomic E-state index is 5.91. The summed E-state index contributed by atoms with van der Waals surface area (Å²) in [6.45, 7) is 5.79. The van der Waals surface area contributed by atoms with E-state index in [1.807, 2.05) is 37.2 Å². The molecule has 2 aromatic heterocycles. The van der Waals surface area contributed by atoms with Crippen LogP contribution in [0.2, 0.25) is 0 Å². The van der Waals surface area contributed by atoms with Gasteiger partial charge in [0, 0.05) is 45.1 Å². The number of morpholine rings is 1. The lowest BCUT2D eigenvalue weighted by Crippen LogP contribution is -2.48. The van der Waals surface area contributed by atoms with E-state index in [1.54, 1.807) is 10.9 Å². The Morgan fingerprint density at radius 2 is 2.29 bits per heavy atom. The van der Waals surface area contributed by atoms with Crippen molar-refractivity contribution < 1.29 is 4.74 Å². The fourth-order valence-electron chi connectivity index (χ4n) is 2.79. The van der Waals surface area contributed by atoms with Gasteiger partial charge in [-0.3, -0.25) is 9.36 Å². The van der Waals surface area contributed by atoms with Crippen LogP contribution in [-0.4, -0.2) is 56.7 Å². The fraction of sp³-hybridized carbons (Fsp3) is 0.562. The van der Waals surface area contributed by atoms with E-state index in [-0.39, 0.29) is 6.10 Å². The maximum absolute atomic E-state index is 5.91. The number of hydrogen-bond donors (Lipinski definition) is 1. The molecule has 1 aliphatic heterocycles. The van der Waals surface area contributed by atoms with Gasteiger partial charge in [0.25, 0.3) is 0 Å². The molecule has 0 amide bonds. The lowest BCUT2D eigenvalue weighted by molar-refractivity contribution is -0.00805. The van der Waals surface area contributed by atoms with Gasteiger partial charge in [-0.15, -0.1) is 0 Å². The summed E-state index contributed by atoms with van der Waals surface area (Å²) < 4.78 is 9.57. The number of nitrogens with one attached hydrogen (secondary N) is 1. The molecule has 8 heteroatoms. The highest BCUT2D eigenvalue weighted by molar-refractivity contribution is 5.80. The molecule has 24 heavy (non-hydrogen) atoms. The van der Waals surface area contributed by atoms with Crippen molar-refractivity contribution in [3.05, 3.63) is 35.9 Å². The average molecular weight is 331 g/mol. The van der Waals surface area contributed by atoms with Crippen molar-refractivity contribution in [2.45, 2.75) is 19.6 Å². The van der Waals surface area contributed by atoms with Gasteiger partial charge in [-0.2, -0.15) is 10.2 Å². The Kier molecular flexibility index (Phi) is 5.14. The number of aromatic nitrogens is 4. The van der Waals surface area contributed by atoms with Gasteiger partial charge in [-0.05, 0) is 13.0 Å². The predicted molar refractivity (Wildman–Crippen MR) is 91.5 cm³/mol. The third-order valence-corrected chi connectivity index (χ3v) is 4.11. The van der Waals surface area contributed by atoms with Crippen LogP contribution in [0.5, 0.6) is 0 Å². The zero-order valence-electron chi connectivity index (χ0n) is 14.5. The molecule has 0 saturated carbocycles. The van der Waals surface area contributed by atoms with E-state index in [9.17, 15) is 0 Å². The normalized spacial score (nSPS) is 18.9. The van der Waals surface area contributed by atoms with E-state index in [4.69, 9.17) is 9.73 Å². The maximum Gasteiger partial charge on any atom is 0.194 e. The molecule has 1 unspecified atom stereocenters. The summed E-state index contributed by atoms with van der Waals surface area (Å²) in [5, 5.41) is 11.8. The molecule has 0 spiro atoms. The summed E-state index contributed by atoms with van der Waals surface area (Å²) >= 11 is 0. The molecule has 1 fully saturated rings. The van der Waals surface area contributed by atoms with Gasteiger partial charge < -0.3 is 15.0 Å². The molecule has 2 aromatic rings. The molecule has 1 aliphatic rings. The highest BCUT2D eigenvalue weighted by atomic mass is 16.5. The Bertz CT molecular complexity index is 690. The van der Waals surface area contributed by atoms with Crippen LogP contribution in [0.25, 0.3) is 0 Å². The Balaban J connectivity index is 1.71. The first-order valence-electron chi connectivity index (χ1n) is 8.27. The van der Waals surface area contributed by atoms with Crippen LogP contribution in [0.4, 0.5) is 0 Å². The monoisotopic (exact) mass is 331 g/mol. The molecule has 3 rings (SSSR count). The zero-order chi connectivity index (χ0) is 16.9. The summed E-state index contributed by atoms with van der Waals surface area (Å²) in [4.78, 5) is 7.02. The molecule has 1 atom stereocenters. The number of hydrogen-bond acceptors (Lipinski definition) is 4. The predicted octanol–water partition coefficient (Wildman–Crippen LogP) is 0.693. The van der Waals surface area contributed by atoms with E-state index in [0.717, 1.165) is 36.9 Å². The largest absolute Gasteiger partial charge is 0.370 e. The first-order valence-corrected chi connectivity index (χ1v) is 8.27. The van der Waals surface area contributed by atoms with Crippen LogP contribution in [0, 0.1) is 0 Å². The molecule has 0 aliphatic carbocycles. The minimum atomic E-state index is 0.0213. The fourth-order valence-corrected chi connectivity index (χ4v) is 2.79. The first-order chi connectivity index (χ1) is 11.7. The standard InChI is InChI=1S/C16H25N7O/c1-4-17-16(18-10-14-5-6-19-22(14)3)23-7-8-24-15(12-23)13-9-20-21(2)11-13/h5-6,9,11,15H,4,7-8,10,12H2,1-3H3,(H,17,18). The van der Waals surface area contributed by atoms with E-state index in [1.165, 1.54) is 0 Å². The molecule has 0 bridgehead atoms. The first kappa shape index (κ1) is 16.5. The minimum absolute atomic E-state index is 0.0213. The Morgan fingerprint density at radius 1 is 1.42 bits per heavy atom. The topological polar surface area (TPSA) is 72.5 Å². The summed E-state index contributed by atoms with van der Waals surface area (Å²) in [7, 11) is 3.86. The molecular weight excluding hydrogens is 306 g/mol. The highest BCUT2D eigenvalue weighted by Crippen LogP contribution is 2.21. The van der Waals surface area contributed by atoms with Crippen LogP contribution in [0.1, 0.15) is 24.3 Å². The van der Waals surface area contributed by atoms with Gasteiger partial charge >= 0.3 is 0 Å². The summed E-state index contributed by atoms with van der Waals surface area (Å²) in [5.41, 5.74) is 2.19. The van der Waals surface area contributed by atoms with Gasteiger partial charge in [0.15, 0.2) is 5.96 Å². The molecule has 1 saturated heterocycles. The highest BCUT2D eigenvalue weighted by Gasteiger charge is 2.25. The van der Waals surface area contributed by atoms with Crippen molar-refractivity contribution in [2.75, 3.05) is 26.2 Å². The van der Waals surface area contributed by atoms with Crippen LogP contribution < -0.4 is 5.32 Å². The minimum Gasteiger partial charge on any atom is -0.370 e. The molecular formula is C16H25N7O.